The molecule has 1 unspecified atom stereocenters. The Kier molecular flexibility index (Phi) is 5.16. The minimum atomic E-state index is -3.10. The number of sulfone groups is 1. The van der Waals surface area contributed by atoms with Gasteiger partial charge in [-0.05, 0) is 37.6 Å². The van der Waals surface area contributed by atoms with Gasteiger partial charge in [-0.2, -0.15) is 0 Å². The molecule has 1 aromatic carbocycles. The van der Waals surface area contributed by atoms with Crippen LogP contribution in [0.2, 0.25) is 0 Å². The molecule has 0 aliphatic heterocycles. The molecule has 0 fully saturated rings. The molecular weight excluding hydrogens is 248 g/mol. The van der Waals surface area contributed by atoms with Crippen molar-refractivity contribution in [3.05, 3.63) is 24.3 Å². The van der Waals surface area contributed by atoms with Crippen molar-refractivity contribution in [1.82, 2.24) is 0 Å². The molecule has 2 N–H and O–H groups in total. The molecule has 0 bridgehead atoms. The van der Waals surface area contributed by atoms with Gasteiger partial charge in [-0.3, -0.25) is 0 Å². The van der Waals surface area contributed by atoms with Crippen molar-refractivity contribution < 1.29 is 8.42 Å². The molecule has 0 aromatic heterocycles. The lowest BCUT2D eigenvalue weighted by atomic mass is 10.2. The van der Waals surface area contributed by atoms with E-state index in [-0.39, 0.29) is 11.8 Å². The minimum absolute atomic E-state index is 0.132. The van der Waals surface area contributed by atoms with Crippen LogP contribution in [0.5, 0.6) is 0 Å². The van der Waals surface area contributed by atoms with E-state index in [0.29, 0.717) is 4.90 Å². The number of rotatable bonds is 6. The molecule has 0 saturated carbocycles. The van der Waals surface area contributed by atoms with Crippen molar-refractivity contribution >= 4 is 15.5 Å². The van der Waals surface area contributed by atoms with Gasteiger partial charge in [-0.25, -0.2) is 8.42 Å². The van der Waals surface area contributed by atoms with Crippen molar-refractivity contribution in [1.29, 1.82) is 0 Å². The van der Waals surface area contributed by atoms with E-state index in [9.17, 15) is 8.42 Å². The Morgan fingerprint density at radius 2 is 1.83 bits per heavy atom. The lowest BCUT2D eigenvalue weighted by Gasteiger charge is -2.20. The number of nitrogens with two attached hydrogens (primary N) is 1. The Morgan fingerprint density at radius 1 is 1.28 bits per heavy atom. The number of hydrogen-bond acceptors (Lipinski definition) is 4. The fourth-order valence-electron chi connectivity index (χ4n) is 1.60. The molecule has 102 valence electrons. The molecule has 0 spiro atoms. The van der Waals surface area contributed by atoms with Crippen molar-refractivity contribution in [2.24, 2.45) is 5.73 Å². The Hall–Kier alpha value is -1.07. The van der Waals surface area contributed by atoms with E-state index in [2.05, 4.69) is 4.90 Å². The monoisotopic (exact) mass is 270 g/mol. The summed E-state index contributed by atoms with van der Waals surface area (Å²) in [5.41, 5.74) is 6.72. The fraction of sp³-hybridized carbons (Fsp3) is 0.538. The second kappa shape index (κ2) is 6.20. The van der Waals surface area contributed by atoms with Gasteiger partial charge < -0.3 is 10.6 Å². The van der Waals surface area contributed by atoms with Gasteiger partial charge in [-0.1, -0.05) is 6.92 Å². The Labute approximate surface area is 110 Å². The van der Waals surface area contributed by atoms with Crippen LogP contribution >= 0.6 is 0 Å². The first-order chi connectivity index (χ1) is 8.36. The zero-order chi connectivity index (χ0) is 13.8. The van der Waals surface area contributed by atoms with E-state index in [4.69, 9.17) is 5.73 Å². The zero-order valence-electron chi connectivity index (χ0n) is 11.3. The molecule has 0 aliphatic carbocycles. The topological polar surface area (TPSA) is 63.4 Å². The van der Waals surface area contributed by atoms with Crippen LogP contribution < -0.4 is 10.6 Å². The quantitative estimate of drug-likeness (QED) is 0.854. The van der Waals surface area contributed by atoms with Crippen LogP contribution in [-0.2, 0) is 9.84 Å². The van der Waals surface area contributed by atoms with Crippen molar-refractivity contribution in [3.8, 4) is 0 Å². The van der Waals surface area contributed by atoms with E-state index in [1.807, 2.05) is 26.1 Å². The Balaban J connectivity index is 2.77. The van der Waals surface area contributed by atoms with Crippen molar-refractivity contribution in [3.63, 3.8) is 0 Å². The summed E-state index contributed by atoms with van der Waals surface area (Å²) in [6.45, 7) is 4.49. The first-order valence-electron chi connectivity index (χ1n) is 6.16. The van der Waals surface area contributed by atoms with Crippen molar-refractivity contribution in [2.75, 3.05) is 24.2 Å². The Bertz CT molecular complexity index is 466. The maximum Gasteiger partial charge on any atom is 0.178 e. The van der Waals surface area contributed by atoms with Crippen LogP contribution in [0.4, 0.5) is 5.69 Å². The first-order valence-corrected chi connectivity index (χ1v) is 7.81. The predicted octanol–water partition coefficient (Wildman–Crippen LogP) is 1.65. The molecule has 0 saturated heterocycles. The highest BCUT2D eigenvalue weighted by Crippen LogP contribution is 2.18. The second-order valence-electron chi connectivity index (χ2n) is 4.58. The summed E-state index contributed by atoms with van der Waals surface area (Å²) in [7, 11) is -1.13. The number of anilines is 1. The van der Waals surface area contributed by atoms with E-state index in [0.717, 1.165) is 18.7 Å². The SMILES string of the molecule is CCS(=O)(=O)c1ccc(N(C)CCC(C)N)cc1. The first kappa shape index (κ1) is 15.0. The molecule has 1 aromatic rings. The molecule has 0 heterocycles. The molecule has 4 nitrogen and oxygen atoms in total. The van der Waals surface area contributed by atoms with Crippen LogP contribution in [0, 0.1) is 0 Å². The van der Waals surface area contributed by atoms with Crippen LogP contribution in [0.15, 0.2) is 29.2 Å². The van der Waals surface area contributed by atoms with Gasteiger partial charge in [-0.15, -0.1) is 0 Å². The maximum atomic E-state index is 11.7. The standard InChI is InChI=1S/C13H22N2O2S/c1-4-18(16,17)13-7-5-12(6-8-13)15(3)10-9-11(2)14/h5-8,11H,4,9-10,14H2,1-3H3. The van der Waals surface area contributed by atoms with Gasteiger partial charge in [0.25, 0.3) is 0 Å². The van der Waals surface area contributed by atoms with Gasteiger partial charge in [0.15, 0.2) is 9.84 Å². The third kappa shape index (κ3) is 3.99. The van der Waals surface area contributed by atoms with Gasteiger partial charge in [0, 0.05) is 25.3 Å². The third-order valence-corrected chi connectivity index (χ3v) is 4.69. The molecule has 5 heteroatoms. The lowest BCUT2D eigenvalue weighted by Crippen LogP contribution is -2.25. The summed E-state index contributed by atoms with van der Waals surface area (Å²) in [6.07, 6.45) is 0.908. The summed E-state index contributed by atoms with van der Waals surface area (Å²) in [4.78, 5) is 2.46. The van der Waals surface area contributed by atoms with Crippen LogP contribution in [0.1, 0.15) is 20.3 Å². The molecule has 0 radical (unpaired) electrons. The zero-order valence-corrected chi connectivity index (χ0v) is 12.1. The number of nitrogens with zero attached hydrogens (tertiary/aromatic N) is 1. The van der Waals surface area contributed by atoms with Crippen molar-refractivity contribution in [2.45, 2.75) is 31.2 Å². The fourth-order valence-corrected chi connectivity index (χ4v) is 2.49. The van der Waals surface area contributed by atoms with Crippen LogP contribution in [0.3, 0.4) is 0 Å². The van der Waals surface area contributed by atoms with E-state index < -0.39 is 9.84 Å². The van der Waals surface area contributed by atoms with Gasteiger partial charge >= 0.3 is 0 Å². The third-order valence-electron chi connectivity index (χ3n) is 2.94. The number of benzene rings is 1. The van der Waals surface area contributed by atoms with Crippen LogP contribution in [-0.4, -0.2) is 33.8 Å². The molecule has 0 aliphatic rings. The second-order valence-corrected chi connectivity index (χ2v) is 6.86. The largest absolute Gasteiger partial charge is 0.375 e. The summed E-state index contributed by atoms with van der Waals surface area (Å²) >= 11 is 0. The van der Waals surface area contributed by atoms with E-state index in [1.165, 1.54) is 0 Å². The van der Waals surface area contributed by atoms with E-state index in [1.54, 1.807) is 19.1 Å². The highest BCUT2D eigenvalue weighted by Gasteiger charge is 2.11. The average Bonchev–Trinajstić information content (AvgIpc) is 2.36. The summed E-state index contributed by atoms with van der Waals surface area (Å²) < 4.78 is 23.3. The van der Waals surface area contributed by atoms with Gasteiger partial charge in [0.05, 0.1) is 10.6 Å². The molecule has 1 atom stereocenters. The summed E-state index contributed by atoms with van der Waals surface area (Å²) in [5.74, 6) is 0.132. The Morgan fingerprint density at radius 3 is 2.28 bits per heavy atom. The normalized spacial score (nSPS) is 13.3. The summed E-state index contributed by atoms with van der Waals surface area (Å²) in [6, 6.07) is 7.17. The lowest BCUT2D eigenvalue weighted by molar-refractivity contribution is 0.597. The molecule has 0 amide bonds. The van der Waals surface area contributed by atoms with E-state index >= 15 is 0 Å². The highest BCUT2D eigenvalue weighted by molar-refractivity contribution is 7.91. The smallest absolute Gasteiger partial charge is 0.178 e. The average molecular weight is 270 g/mol. The van der Waals surface area contributed by atoms with Gasteiger partial charge in [0.1, 0.15) is 0 Å². The predicted molar refractivity (Wildman–Crippen MR) is 75.7 cm³/mol. The van der Waals surface area contributed by atoms with Crippen LogP contribution in [0.25, 0.3) is 0 Å². The maximum absolute atomic E-state index is 11.7. The molecular formula is C13H22N2O2S. The van der Waals surface area contributed by atoms with Gasteiger partial charge in [0.2, 0.25) is 0 Å². The molecule has 18 heavy (non-hydrogen) atoms. The highest BCUT2D eigenvalue weighted by atomic mass is 32.2. The minimum Gasteiger partial charge on any atom is -0.375 e. The summed E-state index contributed by atoms with van der Waals surface area (Å²) in [5, 5.41) is 0. The number of hydrogen-bond donors (Lipinski definition) is 1. The molecule has 1 rings (SSSR count).